The number of ether oxygens (including phenoxy) is 1. The van der Waals surface area contributed by atoms with Crippen LogP contribution in [0.3, 0.4) is 0 Å². The molecule has 0 bridgehead atoms. The van der Waals surface area contributed by atoms with Crippen LogP contribution in [-0.4, -0.2) is 23.1 Å². The Kier molecular flexibility index (Phi) is 5.05. The minimum atomic E-state index is -0.318. The minimum Gasteiger partial charge on any atom is -0.497 e. The highest BCUT2D eigenvalue weighted by molar-refractivity contribution is 7.80. The van der Waals surface area contributed by atoms with Crippen LogP contribution in [0.15, 0.2) is 48.8 Å². The van der Waals surface area contributed by atoms with E-state index < -0.39 is 0 Å². The number of pyridine rings is 1. The van der Waals surface area contributed by atoms with Gasteiger partial charge in [-0.2, -0.15) is 0 Å². The Hall–Kier alpha value is -2.67. The highest BCUT2D eigenvalue weighted by Gasteiger charge is 2.05. The number of hydrogen-bond acceptors (Lipinski definition) is 4. The van der Waals surface area contributed by atoms with Gasteiger partial charge in [-0.3, -0.25) is 20.6 Å². The van der Waals surface area contributed by atoms with E-state index in [0.717, 1.165) is 11.4 Å². The third kappa shape index (κ3) is 4.43. The summed E-state index contributed by atoms with van der Waals surface area (Å²) in [5.74, 6) is 0.436. The smallest absolute Gasteiger partial charge is 0.271 e. The van der Waals surface area contributed by atoms with E-state index in [1.165, 1.54) is 6.20 Å². The number of carbonyl (C=O) groups is 1. The number of nitrogens with zero attached hydrogens (tertiary/aromatic N) is 1. The summed E-state index contributed by atoms with van der Waals surface area (Å²) in [5, 5.41) is 3.21. The molecule has 0 aliphatic carbocycles. The second-order valence-corrected chi connectivity index (χ2v) is 4.41. The van der Waals surface area contributed by atoms with E-state index in [1.54, 1.807) is 37.6 Å². The summed E-state index contributed by atoms with van der Waals surface area (Å²) in [5.41, 5.74) is 6.33. The number of anilines is 1. The first-order valence-electron chi connectivity index (χ1n) is 6.10. The summed E-state index contributed by atoms with van der Waals surface area (Å²) in [4.78, 5) is 15.6. The van der Waals surface area contributed by atoms with Crippen LogP contribution >= 0.6 is 12.2 Å². The fourth-order valence-corrected chi connectivity index (χ4v) is 1.69. The summed E-state index contributed by atoms with van der Waals surface area (Å²) in [6.07, 6.45) is 3.07. The molecule has 0 aliphatic rings. The lowest BCUT2D eigenvalue weighted by Gasteiger charge is -2.11. The van der Waals surface area contributed by atoms with Crippen molar-refractivity contribution in [2.75, 3.05) is 12.4 Å². The van der Waals surface area contributed by atoms with Crippen LogP contribution in [0, 0.1) is 0 Å². The van der Waals surface area contributed by atoms with Crippen LogP contribution in [0.1, 0.15) is 10.4 Å². The molecule has 0 spiro atoms. The molecule has 0 aliphatic heterocycles. The lowest BCUT2D eigenvalue weighted by atomic mass is 10.3. The van der Waals surface area contributed by atoms with Crippen LogP contribution in [0.5, 0.6) is 5.75 Å². The Morgan fingerprint density at radius 1 is 1.19 bits per heavy atom. The van der Waals surface area contributed by atoms with Crippen molar-refractivity contribution in [3.8, 4) is 5.75 Å². The zero-order chi connectivity index (χ0) is 15.1. The number of rotatable bonds is 3. The van der Waals surface area contributed by atoms with Gasteiger partial charge in [-0.05, 0) is 48.6 Å². The van der Waals surface area contributed by atoms with Crippen LogP contribution in [-0.2, 0) is 0 Å². The van der Waals surface area contributed by atoms with Crippen molar-refractivity contribution in [2.45, 2.75) is 0 Å². The van der Waals surface area contributed by atoms with Crippen molar-refractivity contribution in [1.82, 2.24) is 15.8 Å². The number of methoxy groups -OCH3 is 1. The average molecular weight is 302 g/mol. The molecule has 21 heavy (non-hydrogen) atoms. The van der Waals surface area contributed by atoms with Gasteiger partial charge in [-0.1, -0.05) is 0 Å². The van der Waals surface area contributed by atoms with Gasteiger partial charge in [0.2, 0.25) is 0 Å². The Labute approximate surface area is 127 Å². The number of hydrogen-bond donors (Lipinski definition) is 3. The topological polar surface area (TPSA) is 75.3 Å². The number of thiocarbonyl (C=S) groups is 1. The van der Waals surface area contributed by atoms with Gasteiger partial charge >= 0.3 is 0 Å². The molecule has 108 valence electrons. The van der Waals surface area contributed by atoms with Crippen LogP contribution in [0.2, 0.25) is 0 Å². The molecular weight excluding hydrogens is 288 g/mol. The summed E-state index contributed by atoms with van der Waals surface area (Å²) >= 11 is 5.08. The Balaban J connectivity index is 1.83. The van der Waals surface area contributed by atoms with Gasteiger partial charge in [0.25, 0.3) is 5.91 Å². The SMILES string of the molecule is COc1ccc(NC(=S)NNC(=O)c2cccnc2)cc1. The molecule has 1 heterocycles. The molecule has 2 rings (SSSR count). The molecule has 0 unspecified atom stereocenters. The van der Waals surface area contributed by atoms with E-state index >= 15 is 0 Å². The van der Waals surface area contributed by atoms with E-state index in [-0.39, 0.29) is 11.0 Å². The number of benzene rings is 1. The first-order chi connectivity index (χ1) is 10.2. The quantitative estimate of drug-likeness (QED) is 0.592. The van der Waals surface area contributed by atoms with Gasteiger partial charge < -0.3 is 10.1 Å². The van der Waals surface area contributed by atoms with E-state index in [2.05, 4.69) is 21.2 Å². The summed E-state index contributed by atoms with van der Waals surface area (Å²) in [6.45, 7) is 0. The first-order valence-corrected chi connectivity index (χ1v) is 6.51. The van der Waals surface area contributed by atoms with Gasteiger partial charge in [0.1, 0.15) is 5.75 Å². The van der Waals surface area contributed by atoms with Crippen molar-refractivity contribution >= 4 is 28.9 Å². The molecule has 0 atom stereocenters. The van der Waals surface area contributed by atoms with E-state index in [0.29, 0.717) is 5.56 Å². The molecule has 0 saturated heterocycles. The third-order valence-corrected chi connectivity index (χ3v) is 2.77. The maximum Gasteiger partial charge on any atom is 0.271 e. The van der Waals surface area contributed by atoms with Crippen molar-refractivity contribution in [1.29, 1.82) is 0 Å². The molecule has 2 aromatic rings. The van der Waals surface area contributed by atoms with Crippen LogP contribution in [0.4, 0.5) is 5.69 Å². The highest BCUT2D eigenvalue weighted by Crippen LogP contribution is 2.14. The number of nitrogens with one attached hydrogen (secondary N) is 3. The first kappa shape index (κ1) is 14.7. The van der Waals surface area contributed by atoms with E-state index in [9.17, 15) is 4.79 Å². The van der Waals surface area contributed by atoms with Crippen molar-refractivity contribution in [2.24, 2.45) is 0 Å². The zero-order valence-electron chi connectivity index (χ0n) is 11.3. The predicted molar refractivity (Wildman–Crippen MR) is 84.1 cm³/mol. The largest absolute Gasteiger partial charge is 0.497 e. The second-order valence-electron chi connectivity index (χ2n) is 4.00. The van der Waals surface area contributed by atoms with Gasteiger partial charge in [-0.25, -0.2) is 0 Å². The fraction of sp³-hybridized carbons (Fsp3) is 0.0714. The maximum atomic E-state index is 11.8. The summed E-state index contributed by atoms with van der Waals surface area (Å²) in [6, 6.07) is 10.6. The molecule has 0 radical (unpaired) electrons. The molecule has 3 N–H and O–H groups in total. The van der Waals surface area contributed by atoms with Crippen LogP contribution in [0.25, 0.3) is 0 Å². The third-order valence-electron chi connectivity index (χ3n) is 2.56. The van der Waals surface area contributed by atoms with Crippen molar-refractivity contribution in [3.63, 3.8) is 0 Å². The Morgan fingerprint density at radius 2 is 1.95 bits per heavy atom. The maximum absolute atomic E-state index is 11.8. The Bertz CT molecular complexity index is 617. The van der Waals surface area contributed by atoms with Gasteiger partial charge in [-0.15, -0.1) is 0 Å². The lowest BCUT2D eigenvalue weighted by Crippen LogP contribution is -2.43. The molecule has 6 nitrogen and oxygen atoms in total. The van der Waals surface area contributed by atoms with E-state index in [4.69, 9.17) is 17.0 Å². The van der Waals surface area contributed by atoms with Gasteiger partial charge in [0.15, 0.2) is 5.11 Å². The Morgan fingerprint density at radius 3 is 2.57 bits per heavy atom. The standard InChI is InChI=1S/C14H14N4O2S/c1-20-12-6-4-11(5-7-12)16-14(21)18-17-13(19)10-3-2-8-15-9-10/h2-9H,1H3,(H,17,19)(H2,16,18,21). The predicted octanol–water partition coefficient (Wildman–Crippen LogP) is 1.72. The molecule has 0 saturated carbocycles. The number of amides is 1. The lowest BCUT2D eigenvalue weighted by molar-refractivity contribution is 0.0944. The average Bonchev–Trinajstić information content (AvgIpc) is 2.54. The van der Waals surface area contributed by atoms with Gasteiger partial charge in [0, 0.05) is 18.1 Å². The molecular formula is C14H14N4O2S. The zero-order valence-corrected chi connectivity index (χ0v) is 12.1. The number of aromatic nitrogens is 1. The van der Waals surface area contributed by atoms with Crippen molar-refractivity contribution < 1.29 is 9.53 Å². The van der Waals surface area contributed by atoms with Gasteiger partial charge in [0.05, 0.1) is 12.7 Å². The highest BCUT2D eigenvalue weighted by atomic mass is 32.1. The normalized spacial score (nSPS) is 9.57. The summed E-state index contributed by atoms with van der Waals surface area (Å²) < 4.78 is 5.06. The molecule has 0 fully saturated rings. The summed E-state index contributed by atoms with van der Waals surface area (Å²) in [7, 11) is 1.60. The van der Waals surface area contributed by atoms with Crippen LogP contribution < -0.4 is 20.9 Å². The van der Waals surface area contributed by atoms with E-state index in [1.807, 2.05) is 12.1 Å². The molecule has 1 aromatic heterocycles. The minimum absolute atomic E-state index is 0.275. The molecule has 1 aromatic carbocycles. The molecule has 7 heteroatoms. The second kappa shape index (κ2) is 7.20. The fourth-order valence-electron chi connectivity index (χ4n) is 1.52. The monoisotopic (exact) mass is 302 g/mol. The molecule has 1 amide bonds. The number of hydrazine groups is 1. The van der Waals surface area contributed by atoms with Crippen molar-refractivity contribution in [3.05, 3.63) is 54.4 Å². The number of carbonyl (C=O) groups excluding carboxylic acids is 1.